The third kappa shape index (κ3) is 11.5. The summed E-state index contributed by atoms with van der Waals surface area (Å²) in [6.45, 7) is 8.29. The van der Waals surface area contributed by atoms with Crippen molar-refractivity contribution in [2.45, 2.75) is 57.6 Å². The number of hydrazine groups is 1. The molecule has 2 aromatic rings. The standard InChI is InChI=1S/C30H46N4O6S/c1-23(2)18-30(37)34(32-29(36)20-31-16-17-40-5)27(19-25-12-8-6-9-13-25)28(35)22-33(21-24(3)4)41(38,39)26-14-10-7-11-15-26/h6-15,23-24,27-28,31,35H,16-22H2,1-5H3,(H,32,36)/t27-,28+/m0/s1. The molecule has 0 spiro atoms. The van der Waals surface area contributed by atoms with Gasteiger partial charge >= 0.3 is 0 Å². The van der Waals surface area contributed by atoms with Crippen molar-refractivity contribution in [3.63, 3.8) is 0 Å². The van der Waals surface area contributed by atoms with Crippen molar-refractivity contribution in [3.8, 4) is 0 Å². The molecule has 0 aliphatic carbocycles. The Morgan fingerprint density at radius 1 is 0.927 bits per heavy atom. The molecule has 0 saturated heterocycles. The molecule has 228 valence electrons. The maximum Gasteiger partial charge on any atom is 0.252 e. The van der Waals surface area contributed by atoms with Gasteiger partial charge in [0.05, 0.1) is 30.2 Å². The minimum Gasteiger partial charge on any atom is -0.390 e. The number of benzene rings is 2. The third-order valence-corrected chi connectivity index (χ3v) is 8.12. The van der Waals surface area contributed by atoms with Crippen LogP contribution in [0.15, 0.2) is 65.6 Å². The zero-order valence-corrected chi connectivity index (χ0v) is 25.6. The Balaban J connectivity index is 2.45. The van der Waals surface area contributed by atoms with Crippen molar-refractivity contribution in [1.29, 1.82) is 0 Å². The Kier molecular flexibility index (Phi) is 14.4. The summed E-state index contributed by atoms with van der Waals surface area (Å²) in [7, 11) is -2.38. The molecule has 2 aromatic carbocycles. The van der Waals surface area contributed by atoms with Crippen molar-refractivity contribution >= 4 is 21.8 Å². The summed E-state index contributed by atoms with van der Waals surface area (Å²) in [6.07, 6.45) is -0.984. The van der Waals surface area contributed by atoms with Crippen LogP contribution in [0.25, 0.3) is 0 Å². The molecule has 11 heteroatoms. The first-order valence-electron chi connectivity index (χ1n) is 14.0. The van der Waals surface area contributed by atoms with Crippen LogP contribution >= 0.6 is 0 Å². The first kappa shape index (κ1) is 34.4. The summed E-state index contributed by atoms with van der Waals surface area (Å²) >= 11 is 0. The predicted molar refractivity (Wildman–Crippen MR) is 159 cm³/mol. The van der Waals surface area contributed by atoms with E-state index >= 15 is 0 Å². The molecule has 2 atom stereocenters. The second kappa shape index (κ2) is 17.2. The highest BCUT2D eigenvalue weighted by molar-refractivity contribution is 7.89. The molecule has 0 fully saturated rings. The summed E-state index contributed by atoms with van der Waals surface area (Å²) in [4.78, 5) is 26.5. The van der Waals surface area contributed by atoms with Gasteiger partial charge < -0.3 is 15.2 Å². The quantitative estimate of drug-likeness (QED) is 0.191. The first-order valence-corrected chi connectivity index (χ1v) is 15.5. The molecule has 0 aliphatic heterocycles. The number of ether oxygens (including phenoxy) is 1. The number of amides is 2. The Morgan fingerprint density at radius 3 is 2.10 bits per heavy atom. The van der Waals surface area contributed by atoms with Gasteiger partial charge in [-0.3, -0.25) is 15.0 Å². The number of aliphatic hydroxyl groups is 1. The molecular formula is C30H46N4O6S. The van der Waals surface area contributed by atoms with E-state index in [0.29, 0.717) is 13.2 Å². The van der Waals surface area contributed by atoms with Gasteiger partial charge in [0.25, 0.3) is 5.91 Å². The van der Waals surface area contributed by atoms with Crippen LogP contribution in [0.5, 0.6) is 0 Å². The lowest BCUT2D eigenvalue weighted by atomic mass is 9.99. The van der Waals surface area contributed by atoms with E-state index in [2.05, 4.69) is 10.7 Å². The van der Waals surface area contributed by atoms with Gasteiger partial charge in [-0.25, -0.2) is 13.4 Å². The van der Waals surface area contributed by atoms with E-state index in [1.54, 1.807) is 25.3 Å². The number of sulfonamides is 1. The van der Waals surface area contributed by atoms with Crippen LogP contribution in [0, 0.1) is 11.8 Å². The monoisotopic (exact) mass is 590 g/mol. The number of nitrogens with zero attached hydrogens (tertiary/aromatic N) is 2. The van der Waals surface area contributed by atoms with Gasteiger partial charge in [-0.15, -0.1) is 0 Å². The first-order chi connectivity index (χ1) is 19.4. The van der Waals surface area contributed by atoms with Gasteiger partial charge in [-0.1, -0.05) is 76.2 Å². The zero-order chi connectivity index (χ0) is 30.4. The van der Waals surface area contributed by atoms with Crippen LogP contribution in [-0.4, -0.2) is 86.7 Å². The molecule has 0 aliphatic rings. The van der Waals surface area contributed by atoms with E-state index in [1.165, 1.54) is 21.4 Å². The Hall–Kier alpha value is -2.83. The molecule has 0 aromatic heterocycles. The van der Waals surface area contributed by atoms with E-state index in [0.717, 1.165) is 5.56 Å². The highest BCUT2D eigenvalue weighted by Crippen LogP contribution is 2.21. The minimum absolute atomic E-state index is 0.00727. The second-order valence-electron chi connectivity index (χ2n) is 10.9. The fourth-order valence-corrected chi connectivity index (χ4v) is 5.98. The normalized spacial score (nSPS) is 13.4. The number of carbonyl (C=O) groups is 2. The summed E-state index contributed by atoms with van der Waals surface area (Å²) < 4.78 is 33.5. The van der Waals surface area contributed by atoms with Crippen molar-refractivity contribution in [1.82, 2.24) is 20.1 Å². The van der Waals surface area contributed by atoms with Gasteiger partial charge in [0.15, 0.2) is 0 Å². The summed E-state index contributed by atoms with van der Waals surface area (Å²) in [5, 5.41) is 15.8. The van der Waals surface area contributed by atoms with E-state index < -0.39 is 28.1 Å². The largest absolute Gasteiger partial charge is 0.390 e. The van der Waals surface area contributed by atoms with Crippen molar-refractivity contribution in [2.24, 2.45) is 11.8 Å². The number of hydrogen-bond donors (Lipinski definition) is 3. The van der Waals surface area contributed by atoms with Crippen LogP contribution in [0.3, 0.4) is 0 Å². The average molecular weight is 591 g/mol. The number of rotatable bonds is 17. The van der Waals surface area contributed by atoms with Crippen molar-refractivity contribution in [2.75, 3.05) is 39.9 Å². The number of hydrogen-bond acceptors (Lipinski definition) is 7. The lowest BCUT2D eigenvalue weighted by molar-refractivity contribution is -0.148. The number of methoxy groups -OCH3 is 1. The van der Waals surface area contributed by atoms with Gasteiger partial charge in [-0.2, -0.15) is 4.31 Å². The summed E-state index contributed by atoms with van der Waals surface area (Å²) in [5.41, 5.74) is 3.52. The molecule has 2 amide bonds. The number of carbonyl (C=O) groups excluding carboxylic acids is 2. The molecule has 3 N–H and O–H groups in total. The van der Waals surface area contributed by atoms with Crippen LogP contribution < -0.4 is 10.7 Å². The van der Waals surface area contributed by atoms with E-state index in [9.17, 15) is 23.1 Å². The zero-order valence-electron chi connectivity index (χ0n) is 24.8. The van der Waals surface area contributed by atoms with Gasteiger partial charge in [-0.05, 0) is 36.0 Å². The molecule has 0 unspecified atom stereocenters. The SMILES string of the molecule is COCCNCC(=O)NN(C(=O)CC(C)C)[C@@H](Cc1ccccc1)[C@H](O)CN(CC(C)C)S(=O)(=O)c1ccccc1. The molecular weight excluding hydrogens is 544 g/mol. The predicted octanol–water partition coefficient (Wildman–Crippen LogP) is 2.45. The fraction of sp³-hybridized carbons (Fsp3) is 0.533. The topological polar surface area (TPSA) is 128 Å². The smallest absolute Gasteiger partial charge is 0.252 e. The van der Waals surface area contributed by atoms with Crippen LogP contribution in [-0.2, 0) is 30.8 Å². The summed E-state index contributed by atoms with van der Waals surface area (Å²) in [6, 6.07) is 16.4. The molecule has 0 bridgehead atoms. The van der Waals surface area contributed by atoms with Gasteiger partial charge in [0.1, 0.15) is 0 Å². The van der Waals surface area contributed by atoms with Crippen molar-refractivity contribution in [3.05, 3.63) is 66.2 Å². The third-order valence-electron chi connectivity index (χ3n) is 6.27. The maximum atomic E-state index is 13.6. The molecule has 10 nitrogen and oxygen atoms in total. The van der Waals surface area contributed by atoms with Crippen LogP contribution in [0.4, 0.5) is 0 Å². The fourth-order valence-electron chi connectivity index (χ4n) is 4.33. The van der Waals surface area contributed by atoms with E-state index in [1.807, 2.05) is 58.0 Å². The molecule has 41 heavy (non-hydrogen) atoms. The van der Waals surface area contributed by atoms with E-state index in [-0.39, 0.29) is 55.1 Å². The molecule has 0 saturated carbocycles. The Morgan fingerprint density at radius 2 is 1.54 bits per heavy atom. The average Bonchev–Trinajstić information content (AvgIpc) is 2.93. The molecule has 2 rings (SSSR count). The Bertz CT molecular complexity index is 1160. The second-order valence-corrected chi connectivity index (χ2v) is 12.9. The van der Waals surface area contributed by atoms with Gasteiger partial charge in [0, 0.05) is 33.2 Å². The highest BCUT2D eigenvalue weighted by Gasteiger charge is 2.36. The maximum absolute atomic E-state index is 13.6. The van der Waals surface area contributed by atoms with Gasteiger partial charge in [0.2, 0.25) is 15.9 Å². The Labute approximate surface area is 245 Å². The highest BCUT2D eigenvalue weighted by atomic mass is 32.2. The number of aliphatic hydroxyl groups excluding tert-OH is 1. The van der Waals surface area contributed by atoms with Crippen LogP contribution in [0.2, 0.25) is 0 Å². The minimum atomic E-state index is -3.94. The lowest BCUT2D eigenvalue weighted by Crippen LogP contribution is -2.60. The lowest BCUT2D eigenvalue weighted by Gasteiger charge is -2.37. The van der Waals surface area contributed by atoms with E-state index in [4.69, 9.17) is 4.74 Å². The number of nitrogens with one attached hydrogen (secondary N) is 2. The van der Waals surface area contributed by atoms with Crippen molar-refractivity contribution < 1.29 is 27.9 Å². The molecule has 0 radical (unpaired) electrons. The molecule has 0 heterocycles. The summed E-state index contributed by atoms with van der Waals surface area (Å²) in [5.74, 6) is -0.858. The van der Waals surface area contributed by atoms with Crippen LogP contribution in [0.1, 0.15) is 39.7 Å².